The summed E-state index contributed by atoms with van der Waals surface area (Å²) in [5.74, 6) is -0.441. The zero-order valence-electron chi connectivity index (χ0n) is 21.3. The first kappa shape index (κ1) is 26.7. The molecule has 9 nitrogen and oxygen atoms in total. The number of piperazine rings is 1. The van der Waals surface area contributed by atoms with Gasteiger partial charge in [0.2, 0.25) is 0 Å². The summed E-state index contributed by atoms with van der Waals surface area (Å²) in [6.07, 6.45) is 1.64. The molecule has 2 atom stereocenters. The molecule has 4 amide bonds. The molecular formula is C25H37N5O4S. The van der Waals surface area contributed by atoms with E-state index in [4.69, 9.17) is 4.74 Å². The highest BCUT2D eigenvalue weighted by molar-refractivity contribution is 7.08. The maximum absolute atomic E-state index is 13.2. The van der Waals surface area contributed by atoms with Gasteiger partial charge in [-0.05, 0) is 57.0 Å². The van der Waals surface area contributed by atoms with Gasteiger partial charge in [-0.2, -0.15) is 11.3 Å². The van der Waals surface area contributed by atoms with Crippen LogP contribution >= 0.6 is 11.3 Å². The van der Waals surface area contributed by atoms with Crippen LogP contribution in [0.4, 0.5) is 9.59 Å². The van der Waals surface area contributed by atoms with Crippen molar-refractivity contribution in [3.05, 3.63) is 46.3 Å². The van der Waals surface area contributed by atoms with Crippen molar-refractivity contribution in [1.29, 1.82) is 0 Å². The predicted octanol–water partition coefficient (Wildman–Crippen LogP) is 3.33. The van der Waals surface area contributed by atoms with Gasteiger partial charge in [0.25, 0.3) is 0 Å². The van der Waals surface area contributed by atoms with Crippen LogP contribution in [0.1, 0.15) is 46.2 Å². The minimum atomic E-state index is -0.583. The lowest BCUT2D eigenvalue weighted by atomic mass is 9.95. The smallest absolute Gasteiger partial charge is 0.338 e. The standard InChI is InChI=1S/C25H37N5O4S/c1-7-10-30-19(15-28-11-12-29(17(3)14-28)24(33)27-25(4,5)6)20(22(31)34-8-2)21(26-23(30)32)18-9-13-35-16-18/h7,9,13,16-17,21H,1,8,10-12,14-15H2,2-6H3,(H,26,32)(H,27,33)/t17-,21+/m0/s1. The molecule has 2 aliphatic rings. The highest BCUT2D eigenvalue weighted by atomic mass is 32.1. The highest BCUT2D eigenvalue weighted by Crippen LogP contribution is 2.33. The van der Waals surface area contributed by atoms with Crippen LogP contribution in [0, 0.1) is 0 Å². The molecule has 0 aromatic carbocycles. The molecular weight excluding hydrogens is 466 g/mol. The number of nitrogens with one attached hydrogen (secondary N) is 2. The third kappa shape index (κ3) is 6.43. The van der Waals surface area contributed by atoms with Crippen molar-refractivity contribution in [3.63, 3.8) is 0 Å². The Morgan fingerprint density at radius 3 is 2.66 bits per heavy atom. The van der Waals surface area contributed by atoms with E-state index < -0.39 is 12.0 Å². The number of carbonyl (C=O) groups excluding carboxylic acids is 3. The van der Waals surface area contributed by atoms with Crippen molar-refractivity contribution in [2.24, 2.45) is 0 Å². The first-order valence-electron chi connectivity index (χ1n) is 12.0. The maximum Gasteiger partial charge on any atom is 0.338 e. The molecule has 3 rings (SSSR count). The molecule has 0 radical (unpaired) electrons. The normalized spacial score (nSPS) is 21.6. The van der Waals surface area contributed by atoms with Crippen LogP contribution in [0.25, 0.3) is 0 Å². The van der Waals surface area contributed by atoms with Gasteiger partial charge in [-0.1, -0.05) is 6.08 Å². The predicted molar refractivity (Wildman–Crippen MR) is 137 cm³/mol. The number of esters is 1. The Morgan fingerprint density at radius 1 is 1.34 bits per heavy atom. The Bertz CT molecular complexity index is 969. The van der Waals surface area contributed by atoms with E-state index in [1.165, 1.54) is 11.3 Å². The number of carbonyl (C=O) groups is 3. The first-order valence-corrected chi connectivity index (χ1v) is 12.9. The van der Waals surface area contributed by atoms with Gasteiger partial charge in [0.05, 0.1) is 18.2 Å². The van der Waals surface area contributed by atoms with Gasteiger partial charge >= 0.3 is 18.0 Å². The topological polar surface area (TPSA) is 94.2 Å². The van der Waals surface area contributed by atoms with E-state index in [1.54, 1.807) is 17.9 Å². The SMILES string of the molecule is C=CCN1C(=O)N[C@H](c2ccsc2)C(C(=O)OCC)=C1CN1CCN(C(=O)NC(C)(C)C)[C@@H](C)C1. The van der Waals surface area contributed by atoms with Crippen molar-refractivity contribution in [1.82, 2.24) is 25.3 Å². The fourth-order valence-electron chi connectivity index (χ4n) is 4.42. The lowest BCUT2D eigenvalue weighted by Crippen LogP contribution is -2.59. The number of amides is 4. The number of hydrogen-bond acceptors (Lipinski definition) is 6. The van der Waals surface area contributed by atoms with E-state index in [-0.39, 0.29) is 36.8 Å². The molecule has 1 saturated heterocycles. The van der Waals surface area contributed by atoms with Crippen LogP contribution in [0.15, 0.2) is 40.8 Å². The summed E-state index contributed by atoms with van der Waals surface area (Å²) >= 11 is 1.51. The second-order valence-electron chi connectivity index (χ2n) is 9.88. The average Bonchev–Trinajstić information content (AvgIpc) is 3.29. The number of ether oxygens (including phenoxy) is 1. The molecule has 10 heteroatoms. The minimum absolute atomic E-state index is 0.0318. The van der Waals surface area contributed by atoms with Gasteiger partial charge in [-0.25, -0.2) is 14.4 Å². The van der Waals surface area contributed by atoms with Gasteiger partial charge in [0.15, 0.2) is 0 Å². The number of urea groups is 2. The summed E-state index contributed by atoms with van der Waals surface area (Å²) in [5.41, 5.74) is 1.58. The first-order chi connectivity index (χ1) is 16.6. The number of nitrogens with zero attached hydrogens (tertiary/aromatic N) is 3. The fraction of sp³-hybridized carbons (Fsp3) is 0.560. The third-order valence-corrected chi connectivity index (χ3v) is 6.65. The highest BCUT2D eigenvalue weighted by Gasteiger charge is 2.39. The molecule has 1 fully saturated rings. The van der Waals surface area contributed by atoms with Crippen LogP contribution < -0.4 is 10.6 Å². The monoisotopic (exact) mass is 503 g/mol. The van der Waals surface area contributed by atoms with E-state index >= 15 is 0 Å². The molecule has 0 saturated carbocycles. The third-order valence-electron chi connectivity index (χ3n) is 5.95. The summed E-state index contributed by atoms with van der Waals surface area (Å²) in [6, 6.07) is 0.930. The summed E-state index contributed by atoms with van der Waals surface area (Å²) in [4.78, 5) is 44.6. The van der Waals surface area contributed by atoms with Crippen LogP contribution in [-0.2, 0) is 9.53 Å². The van der Waals surface area contributed by atoms with E-state index in [0.29, 0.717) is 37.4 Å². The van der Waals surface area contributed by atoms with Gasteiger partial charge in [-0.3, -0.25) is 9.80 Å². The summed E-state index contributed by atoms with van der Waals surface area (Å²) in [7, 11) is 0. The van der Waals surface area contributed by atoms with Crippen molar-refractivity contribution in [3.8, 4) is 0 Å². The van der Waals surface area contributed by atoms with E-state index in [2.05, 4.69) is 22.1 Å². The number of hydrogen-bond donors (Lipinski definition) is 2. The molecule has 2 aliphatic heterocycles. The second kappa shape index (κ2) is 11.3. The zero-order chi connectivity index (χ0) is 25.8. The lowest BCUT2D eigenvalue weighted by molar-refractivity contribution is -0.139. The molecule has 192 valence electrons. The molecule has 0 aliphatic carbocycles. The molecule has 3 heterocycles. The van der Waals surface area contributed by atoms with Crippen molar-refractivity contribution < 1.29 is 19.1 Å². The van der Waals surface area contributed by atoms with Gasteiger partial charge in [-0.15, -0.1) is 6.58 Å². The van der Waals surface area contributed by atoms with Crippen LogP contribution in [0.5, 0.6) is 0 Å². The number of thiophene rings is 1. The summed E-state index contributed by atoms with van der Waals surface area (Å²) in [5, 5.41) is 9.85. The van der Waals surface area contributed by atoms with Crippen LogP contribution in [0.2, 0.25) is 0 Å². The molecule has 35 heavy (non-hydrogen) atoms. The Morgan fingerprint density at radius 2 is 2.09 bits per heavy atom. The van der Waals surface area contributed by atoms with Crippen LogP contribution in [0.3, 0.4) is 0 Å². The lowest BCUT2D eigenvalue weighted by Gasteiger charge is -2.43. The van der Waals surface area contributed by atoms with E-state index in [9.17, 15) is 14.4 Å². The Balaban J connectivity index is 1.91. The van der Waals surface area contributed by atoms with Crippen molar-refractivity contribution in [2.75, 3.05) is 39.3 Å². The summed E-state index contributed by atoms with van der Waals surface area (Å²) in [6.45, 7) is 16.1. The summed E-state index contributed by atoms with van der Waals surface area (Å²) < 4.78 is 5.43. The van der Waals surface area contributed by atoms with Crippen molar-refractivity contribution >= 4 is 29.4 Å². The molecule has 1 aromatic heterocycles. The molecule has 1 aromatic rings. The zero-order valence-corrected chi connectivity index (χ0v) is 22.1. The molecule has 0 spiro atoms. The quantitative estimate of drug-likeness (QED) is 0.440. The Kier molecular flexibility index (Phi) is 8.60. The maximum atomic E-state index is 13.2. The number of rotatable bonds is 7. The Hall–Kier alpha value is -2.85. The molecule has 0 bridgehead atoms. The van der Waals surface area contributed by atoms with Gasteiger partial charge in [0, 0.05) is 50.0 Å². The van der Waals surface area contributed by atoms with Crippen LogP contribution in [-0.4, -0.2) is 83.6 Å². The largest absolute Gasteiger partial charge is 0.463 e. The van der Waals surface area contributed by atoms with Gasteiger partial charge < -0.3 is 20.3 Å². The second-order valence-corrected chi connectivity index (χ2v) is 10.7. The molecule has 0 unspecified atom stereocenters. The minimum Gasteiger partial charge on any atom is -0.463 e. The van der Waals surface area contributed by atoms with E-state index in [1.807, 2.05) is 49.4 Å². The van der Waals surface area contributed by atoms with Gasteiger partial charge in [0.1, 0.15) is 0 Å². The average molecular weight is 504 g/mol. The van der Waals surface area contributed by atoms with E-state index in [0.717, 1.165) is 5.56 Å². The Labute approximate surface area is 211 Å². The molecule has 2 N–H and O–H groups in total. The van der Waals surface area contributed by atoms with Crippen molar-refractivity contribution in [2.45, 2.75) is 52.2 Å². The fourth-order valence-corrected chi connectivity index (χ4v) is 5.10.